The SMILES string of the molecule is Oc1cc(C2(CNC3CC3)CC2)ccc1-c1cccc(Cl)c1. The van der Waals surface area contributed by atoms with Crippen molar-refractivity contribution in [1.29, 1.82) is 0 Å². The molecule has 0 amide bonds. The molecular weight excluding hydrogens is 294 g/mol. The van der Waals surface area contributed by atoms with Crippen LogP contribution in [0.15, 0.2) is 42.5 Å². The average molecular weight is 314 g/mol. The maximum Gasteiger partial charge on any atom is 0.123 e. The number of rotatable bonds is 5. The third-order valence-corrected chi connectivity index (χ3v) is 5.14. The highest BCUT2D eigenvalue weighted by molar-refractivity contribution is 6.30. The van der Waals surface area contributed by atoms with Crippen molar-refractivity contribution in [1.82, 2.24) is 5.32 Å². The standard InChI is InChI=1S/C19H20ClNO/c20-15-3-1-2-13(10-15)17-7-4-14(11-18(17)22)19(8-9-19)12-21-16-5-6-16/h1-4,7,10-11,16,21-22H,5-6,8-9,12H2. The first kappa shape index (κ1) is 14.1. The van der Waals surface area contributed by atoms with Gasteiger partial charge in [0.2, 0.25) is 0 Å². The lowest BCUT2D eigenvalue weighted by atomic mass is 9.93. The molecule has 2 aromatic rings. The average Bonchev–Trinajstić information content (AvgIpc) is 3.40. The number of hydrogen-bond donors (Lipinski definition) is 2. The molecule has 114 valence electrons. The molecule has 4 rings (SSSR count). The maximum absolute atomic E-state index is 10.5. The molecule has 0 saturated heterocycles. The van der Waals surface area contributed by atoms with E-state index in [1.807, 2.05) is 36.4 Å². The number of phenols is 1. The van der Waals surface area contributed by atoms with Gasteiger partial charge in [0.25, 0.3) is 0 Å². The van der Waals surface area contributed by atoms with E-state index in [1.165, 1.54) is 31.2 Å². The highest BCUT2D eigenvalue weighted by Gasteiger charge is 2.45. The molecule has 2 aromatic carbocycles. The monoisotopic (exact) mass is 313 g/mol. The third-order valence-electron chi connectivity index (χ3n) is 4.91. The minimum atomic E-state index is 0.243. The van der Waals surface area contributed by atoms with Crippen LogP contribution in [0.3, 0.4) is 0 Å². The molecule has 0 atom stereocenters. The van der Waals surface area contributed by atoms with Crippen molar-refractivity contribution in [3.05, 3.63) is 53.1 Å². The van der Waals surface area contributed by atoms with Crippen molar-refractivity contribution in [3.63, 3.8) is 0 Å². The Morgan fingerprint density at radius 3 is 2.59 bits per heavy atom. The fraction of sp³-hybridized carbons (Fsp3) is 0.368. The van der Waals surface area contributed by atoms with Crippen molar-refractivity contribution in [2.24, 2.45) is 0 Å². The third kappa shape index (κ3) is 2.73. The van der Waals surface area contributed by atoms with Crippen LogP contribution in [0.5, 0.6) is 5.75 Å². The molecule has 3 heteroatoms. The van der Waals surface area contributed by atoms with Gasteiger partial charge in [0.05, 0.1) is 0 Å². The zero-order valence-corrected chi connectivity index (χ0v) is 13.2. The van der Waals surface area contributed by atoms with Crippen molar-refractivity contribution in [3.8, 4) is 16.9 Å². The van der Waals surface area contributed by atoms with Gasteiger partial charge in [-0.15, -0.1) is 0 Å². The number of hydrogen-bond acceptors (Lipinski definition) is 2. The molecule has 0 heterocycles. The minimum Gasteiger partial charge on any atom is -0.507 e. The molecule has 2 aliphatic carbocycles. The molecule has 22 heavy (non-hydrogen) atoms. The second-order valence-corrected chi connectivity index (χ2v) is 7.11. The summed E-state index contributed by atoms with van der Waals surface area (Å²) in [7, 11) is 0. The lowest BCUT2D eigenvalue weighted by molar-refractivity contribution is 0.474. The van der Waals surface area contributed by atoms with Gasteiger partial charge in [-0.2, -0.15) is 0 Å². The first-order valence-corrected chi connectivity index (χ1v) is 8.37. The number of phenolic OH excluding ortho intramolecular Hbond substituents is 1. The van der Waals surface area contributed by atoms with E-state index in [0.717, 1.165) is 23.7 Å². The zero-order chi connectivity index (χ0) is 15.2. The number of nitrogens with one attached hydrogen (secondary N) is 1. The quantitative estimate of drug-likeness (QED) is 0.852. The van der Waals surface area contributed by atoms with Gasteiger partial charge in [0.15, 0.2) is 0 Å². The fourth-order valence-corrected chi connectivity index (χ4v) is 3.30. The van der Waals surface area contributed by atoms with Crippen LogP contribution in [-0.4, -0.2) is 17.7 Å². The highest BCUT2D eigenvalue weighted by atomic mass is 35.5. The lowest BCUT2D eigenvalue weighted by Crippen LogP contribution is -2.28. The predicted octanol–water partition coefficient (Wildman–Crippen LogP) is 4.50. The van der Waals surface area contributed by atoms with Gasteiger partial charge in [-0.3, -0.25) is 0 Å². The molecule has 0 radical (unpaired) electrons. The van der Waals surface area contributed by atoms with Crippen LogP contribution in [0.1, 0.15) is 31.2 Å². The Kier molecular flexibility index (Phi) is 3.39. The summed E-state index contributed by atoms with van der Waals surface area (Å²) in [5, 5.41) is 14.8. The van der Waals surface area contributed by atoms with Gasteiger partial charge < -0.3 is 10.4 Å². The zero-order valence-electron chi connectivity index (χ0n) is 12.5. The van der Waals surface area contributed by atoms with Gasteiger partial charge in [-0.05, 0) is 55.0 Å². The molecule has 0 unspecified atom stereocenters. The van der Waals surface area contributed by atoms with Crippen LogP contribution in [0.25, 0.3) is 11.1 Å². The summed E-state index contributed by atoms with van der Waals surface area (Å²) in [6, 6.07) is 14.5. The summed E-state index contributed by atoms with van der Waals surface area (Å²) >= 11 is 6.05. The Hall–Kier alpha value is -1.51. The van der Waals surface area contributed by atoms with Crippen molar-refractivity contribution < 1.29 is 5.11 Å². The summed E-state index contributed by atoms with van der Waals surface area (Å²) in [5.74, 6) is 0.345. The van der Waals surface area contributed by atoms with E-state index < -0.39 is 0 Å². The van der Waals surface area contributed by atoms with Gasteiger partial charge in [0.1, 0.15) is 5.75 Å². The number of halogens is 1. The molecule has 2 saturated carbocycles. The van der Waals surface area contributed by atoms with E-state index >= 15 is 0 Å². The molecule has 2 fully saturated rings. The van der Waals surface area contributed by atoms with Crippen LogP contribution in [0, 0.1) is 0 Å². The van der Waals surface area contributed by atoms with Crippen LogP contribution < -0.4 is 5.32 Å². The van der Waals surface area contributed by atoms with E-state index in [4.69, 9.17) is 11.6 Å². The molecule has 0 aromatic heterocycles. The van der Waals surface area contributed by atoms with Gasteiger partial charge >= 0.3 is 0 Å². The van der Waals surface area contributed by atoms with Crippen molar-refractivity contribution in [2.45, 2.75) is 37.1 Å². The molecule has 0 spiro atoms. The largest absolute Gasteiger partial charge is 0.507 e. The summed E-state index contributed by atoms with van der Waals surface area (Å²) < 4.78 is 0. The summed E-state index contributed by atoms with van der Waals surface area (Å²) in [6.45, 7) is 1.04. The number of benzene rings is 2. The van der Waals surface area contributed by atoms with Crippen LogP contribution >= 0.6 is 11.6 Å². The Balaban J connectivity index is 1.59. The summed E-state index contributed by atoms with van der Waals surface area (Å²) in [6.07, 6.45) is 5.05. The smallest absolute Gasteiger partial charge is 0.123 e. The van der Waals surface area contributed by atoms with E-state index in [-0.39, 0.29) is 5.41 Å². The minimum absolute atomic E-state index is 0.243. The van der Waals surface area contributed by atoms with Crippen LogP contribution in [0.4, 0.5) is 0 Å². The van der Waals surface area contributed by atoms with Gasteiger partial charge in [-0.1, -0.05) is 35.9 Å². The Bertz CT molecular complexity index is 704. The van der Waals surface area contributed by atoms with Gasteiger partial charge in [-0.25, -0.2) is 0 Å². The Morgan fingerprint density at radius 2 is 1.95 bits per heavy atom. The molecule has 2 nitrogen and oxygen atoms in total. The first-order chi connectivity index (χ1) is 10.7. The maximum atomic E-state index is 10.5. The predicted molar refractivity (Wildman–Crippen MR) is 90.5 cm³/mol. The first-order valence-electron chi connectivity index (χ1n) is 7.99. The topological polar surface area (TPSA) is 32.3 Å². The number of aromatic hydroxyl groups is 1. The van der Waals surface area contributed by atoms with E-state index in [1.54, 1.807) is 0 Å². The molecule has 0 aliphatic heterocycles. The van der Waals surface area contributed by atoms with Crippen molar-refractivity contribution >= 4 is 11.6 Å². The normalized spacial score (nSPS) is 19.1. The fourth-order valence-electron chi connectivity index (χ4n) is 3.11. The Morgan fingerprint density at radius 1 is 1.14 bits per heavy atom. The van der Waals surface area contributed by atoms with Crippen LogP contribution in [-0.2, 0) is 5.41 Å². The Labute approximate surface area is 136 Å². The second-order valence-electron chi connectivity index (χ2n) is 6.68. The summed E-state index contributed by atoms with van der Waals surface area (Å²) in [5.41, 5.74) is 3.30. The molecular formula is C19H20ClNO. The second kappa shape index (κ2) is 5.29. The molecule has 2 N–H and O–H groups in total. The van der Waals surface area contributed by atoms with Crippen molar-refractivity contribution in [2.75, 3.05) is 6.54 Å². The molecule has 0 bridgehead atoms. The van der Waals surface area contributed by atoms with Gasteiger partial charge in [0, 0.05) is 28.6 Å². The molecule has 2 aliphatic rings. The summed E-state index contributed by atoms with van der Waals surface area (Å²) in [4.78, 5) is 0. The van der Waals surface area contributed by atoms with E-state index in [0.29, 0.717) is 10.8 Å². The highest BCUT2D eigenvalue weighted by Crippen LogP contribution is 2.49. The van der Waals surface area contributed by atoms with E-state index in [2.05, 4.69) is 11.4 Å². The van der Waals surface area contributed by atoms with E-state index in [9.17, 15) is 5.11 Å². The van der Waals surface area contributed by atoms with Crippen LogP contribution in [0.2, 0.25) is 5.02 Å². The lowest BCUT2D eigenvalue weighted by Gasteiger charge is -2.18.